The topological polar surface area (TPSA) is 61.2 Å². The first kappa shape index (κ1) is 16.8. The highest BCUT2D eigenvalue weighted by Crippen LogP contribution is 2.35. The van der Waals surface area contributed by atoms with E-state index in [0.717, 1.165) is 22.0 Å². The molecule has 0 atom stereocenters. The van der Waals surface area contributed by atoms with Gasteiger partial charge < -0.3 is 9.47 Å². The summed E-state index contributed by atoms with van der Waals surface area (Å²) in [5.41, 5.74) is 6.12. The minimum Gasteiger partial charge on any atom is -0.493 e. The number of thioether (sulfide) groups is 1. The van der Waals surface area contributed by atoms with E-state index >= 15 is 0 Å². The Balaban J connectivity index is 1.69. The summed E-state index contributed by atoms with van der Waals surface area (Å²) in [6, 6.07) is 13.3. The molecule has 0 saturated heterocycles. The van der Waals surface area contributed by atoms with Gasteiger partial charge in [0.05, 0.1) is 19.9 Å². The molecule has 1 N–H and O–H groups in total. The van der Waals surface area contributed by atoms with Gasteiger partial charge in [0.25, 0.3) is 0 Å². The fourth-order valence-corrected chi connectivity index (χ4v) is 3.58. The Morgan fingerprint density at radius 3 is 2.62 bits per heavy atom. The second-order valence-electron chi connectivity index (χ2n) is 5.48. The largest absolute Gasteiger partial charge is 0.493 e. The molecule has 132 valence electrons. The van der Waals surface area contributed by atoms with Gasteiger partial charge in [-0.25, -0.2) is 4.68 Å². The molecule has 4 rings (SSSR count). The summed E-state index contributed by atoms with van der Waals surface area (Å²) < 4.78 is 12.5. The van der Waals surface area contributed by atoms with Crippen LogP contribution in [0.25, 0.3) is 17.1 Å². The summed E-state index contributed by atoms with van der Waals surface area (Å²) in [5, 5.41) is 11.9. The van der Waals surface area contributed by atoms with E-state index in [-0.39, 0.29) is 0 Å². The van der Waals surface area contributed by atoms with Crippen molar-refractivity contribution in [3.05, 3.63) is 58.5 Å². The fourth-order valence-electron chi connectivity index (χ4n) is 2.66. The number of hydrogen-bond acceptors (Lipinski definition) is 6. The van der Waals surface area contributed by atoms with Crippen LogP contribution in [-0.4, -0.2) is 29.1 Å². The van der Waals surface area contributed by atoms with Crippen molar-refractivity contribution in [2.75, 3.05) is 19.6 Å². The molecule has 3 aromatic rings. The minimum atomic E-state index is 0.652. The number of methoxy groups -OCH3 is 2. The Bertz CT molecular complexity index is 1000. The van der Waals surface area contributed by atoms with Crippen LogP contribution in [0.15, 0.2) is 53.0 Å². The van der Waals surface area contributed by atoms with E-state index in [1.807, 2.05) is 52.5 Å². The minimum absolute atomic E-state index is 0.652. The lowest BCUT2D eigenvalue weighted by Gasteiger charge is -2.20. The second-order valence-corrected chi connectivity index (χ2v) is 6.76. The average molecular weight is 387 g/mol. The number of benzene rings is 2. The van der Waals surface area contributed by atoms with Gasteiger partial charge in [-0.15, -0.1) is 10.2 Å². The Morgan fingerprint density at radius 1 is 1.00 bits per heavy atom. The van der Waals surface area contributed by atoms with Crippen LogP contribution < -0.4 is 14.9 Å². The van der Waals surface area contributed by atoms with Gasteiger partial charge >= 0.3 is 0 Å². The molecule has 0 amide bonds. The number of ether oxygens (including phenoxy) is 2. The lowest BCUT2D eigenvalue weighted by Crippen LogP contribution is -2.18. The Morgan fingerprint density at radius 2 is 1.85 bits per heavy atom. The smallest absolute Gasteiger partial charge is 0.214 e. The first-order valence-corrected chi connectivity index (χ1v) is 9.03. The molecule has 1 aliphatic heterocycles. The summed E-state index contributed by atoms with van der Waals surface area (Å²) in [5.74, 6) is 2.05. The zero-order valence-corrected chi connectivity index (χ0v) is 15.6. The van der Waals surface area contributed by atoms with Gasteiger partial charge in [-0.05, 0) is 30.3 Å². The lowest BCUT2D eigenvalue weighted by atomic mass is 10.1. The van der Waals surface area contributed by atoms with Crippen LogP contribution >= 0.6 is 23.4 Å². The Labute approximate surface area is 159 Å². The van der Waals surface area contributed by atoms with E-state index in [1.54, 1.807) is 14.2 Å². The van der Waals surface area contributed by atoms with Crippen LogP contribution in [-0.2, 0) is 0 Å². The zero-order valence-electron chi connectivity index (χ0n) is 14.1. The maximum atomic E-state index is 6.11. The molecule has 6 nitrogen and oxygen atoms in total. The number of rotatable bonds is 4. The Kier molecular flexibility index (Phi) is 4.48. The predicted octanol–water partition coefficient (Wildman–Crippen LogP) is 4.26. The normalized spacial score (nSPS) is 12.8. The maximum absolute atomic E-state index is 6.11. The summed E-state index contributed by atoms with van der Waals surface area (Å²) in [6.45, 7) is 0. The molecule has 0 radical (unpaired) electrons. The van der Waals surface area contributed by atoms with Gasteiger partial charge in [-0.2, -0.15) is 0 Å². The predicted molar refractivity (Wildman–Crippen MR) is 103 cm³/mol. The first-order chi connectivity index (χ1) is 12.7. The standard InChI is InChI=1S/C18H15ClN4O2S/c1-24-15-7-6-11(9-16(15)25-2)14-10-26-18-21-20-17(23(18)22-14)12-4-3-5-13(19)8-12/h3-10,22H,1-2H3. The third kappa shape index (κ3) is 3.00. The summed E-state index contributed by atoms with van der Waals surface area (Å²) >= 11 is 7.61. The van der Waals surface area contributed by atoms with E-state index < -0.39 is 0 Å². The van der Waals surface area contributed by atoms with Gasteiger partial charge in [0.2, 0.25) is 5.16 Å². The molecule has 0 saturated carbocycles. The molecule has 2 heterocycles. The number of aromatic nitrogens is 3. The summed E-state index contributed by atoms with van der Waals surface area (Å²) in [6.07, 6.45) is 0. The van der Waals surface area contributed by atoms with Crippen LogP contribution in [0.5, 0.6) is 11.5 Å². The third-order valence-corrected chi connectivity index (χ3v) is 4.99. The van der Waals surface area contributed by atoms with Crippen LogP contribution in [0.1, 0.15) is 5.56 Å². The van der Waals surface area contributed by atoms with Crippen molar-refractivity contribution in [2.24, 2.45) is 0 Å². The fraction of sp³-hybridized carbons (Fsp3) is 0.111. The van der Waals surface area contributed by atoms with Crippen LogP contribution in [0.2, 0.25) is 5.02 Å². The molecule has 8 heteroatoms. The van der Waals surface area contributed by atoms with Gasteiger partial charge in [0.15, 0.2) is 17.3 Å². The van der Waals surface area contributed by atoms with Crippen molar-refractivity contribution in [2.45, 2.75) is 5.16 Å². The van der Waals surface area contributed by atoms with Gasteiger partial charge in [0, 0.05) is 21.6 Å². The van der Waals surface area contributed by atoms with Crippen molar-refractivity contribution in [1.82, 2.24) is 14.9 Å². The van der Waals surface area contributed by atoms with E-state index in [4.69, 9.17) is 21.1 Å². The molecule has 0 bridgehead atoms. The number of nitrogens with zero attached hydrogens (tertiary/aromatic N) is 3. The Hall–Kier alpha value is -2.64. The molecule has 0 unspecified atom stereocenters. The van der Waals surface area contributed by atoms with Crippen LogP contribution in [0.4, 0.5) is 0 Å². The zero-order chi connectivity index (χ0) is 18.1. The van der Waals surface area contributed by atoms with Crippen molar-refractivity contribution < 1.29 is 9.47 Å². The van der Waals surface area contributed by atoms with Crippen LogP contribution in [0.3, 0.4) is 0 Å². The molecule has 1 aromatic heterocycles. The first-order valence-electron chi connectivity index (χ1n) is 7.77. The van der Waals surface area contributed by atoms with E-state index in [1.165, 1.54) is 11.8 Å². The monoisotopic (exact) mass is 386 g/mol. The molecule has 2 aromatic carbocycles. The van der Waals surface area contributed by atoms with E-state index in [9.17, 15) is 0 Å². The molecule has 0 spiro atoms. The molecule has 0 aliphatic carbocycles. The average Bonchev–Trinajstić information content (AvgIpc) is 3.10. The molecule has 0 fully saturated rings. The van der Waals surface area contributed by atoms with Crippen LogP contribution in [0, 0.1) is 0 Å². The SMILES string of the molecule is COc1ccc(C2=CSc3nnc(-c4cccc(Cl)c4)n3N2)cc1OC. The number of nitrogens with one attached hydrogen (secondary N) is 1. The number of hydrogen-bond donors (Lipinski definition) is 1. The van der Waals surface area contributed by atoms with Crippen molar-refractivity contribution in [1.29, 1.82) is 0 Å². The van der Waals surface area contributed by atoms with E-state index in [2.05, 4.69) is 15.6 Å². The lowest BCUT2D eigenvalue weighted by molar-refractivity contribution is 0.355. The maximum Gasteiger partial charge on any atom is 0.214 e. The van der Waals surface area contributed by atoms with Crippen molar-refractivity contribution in [3.63, 3.8) is 0 Å². The quantitative estimate of drug-likeness (QED) is 0.722. The third-order valence-electron chi connectivity index (χ3n) is 3.93. The number of halogens is 1. The van der Waals surface area contributed by atoms with E-state index in [0.29, 0.717) is 22.3 Å². The molecule has 1 aliphatic rings. The summed E-state index contributed by atoms with van der Waals surface area (Å²) in [4.78, 5) is 0. The molecular weight excluding hydrogens is 372 g/mol. The van der Waals surface area contributed by atoms with Gasteiger partial charge in [-0.3, -0.25) is 5.43 Å². The van der Waals surface area contributed by atoms with Gasteiger partial charge in [-0.1, -0.05) is 35.5 Å². The summed E-state index contributed by atoms with van der Waals surface area (Å²) in [7, 11) is 3.24. The number of fused-ring (bicyclic) bond motifs is 1. The second kappa shape index (κ2) is 6.93. The highest BCUT2D eigenvalue weighted by molar-refractivity contribution is 8.02. The van der Waals surface area contributed by atoms with Crippen molar-refractivity contribution in [3.8, 4) is 22.9 Å². The van der Waals surface area contributed by atoms with Gasteiger partial charge in [0.1, 0.15) is 0 Å². The highest BCUT2D eigenvalue weighted by atomic mass is 35.5. The molecule has 26 heavy (non-hydrogen) atoms. The highest BCUT2D eigenvalue weighted by Gasteiger charge is 2.20. The molecular formula is C18H15ClN4O2S. The van der Waals surface area contributed by atoms with Crippen molar-refractivity contribution >= 4 is 29.1 Å².